The third kappa shape index (κ3) is 4.06. The van der Waals surface area contributed by atoms with Crippen molar-refractivity contribution in [3.05, 3.63) is 41.6 Å². The van der Waals surface area contributed by atoms with E-state index in [0.717, 1.165) is 24.2 Å². The highest BCUT2D eigenvalue weighted by molar-refractivity contribution is 6.02. The second-order valence-electron chi connectivity index (χ2n) is 7.54. The summed E-state index contributed by atoms with van der Waals surface area (Å²) in [6, 6.07) is 5.88. The van der Waals surface area contributed by atoms with Gasteiger partial charge in [0.2, 0.25) is 0 Å². The van der Waals surface area contributed by atoms with Crippen LogP contribution in [0.3, 0.4) is 0 Å². The number of amidine groups is 1. The van der Waals surface area contributed by atoms with E-state index in [4.69, 9.17) is 19.6 Å². The van der Waals surface area contributed by atoms with Crippen LogP contribution in [0.1, 0.15) is 53.5 Å². The number of amides is 1. The number of rotatable bonds is 4. The summed E-state index contributed by atoms with van der Waals surface area (Å²) in [5, 5.41) is 2.88. The standard InChI is InChI=1S/C21H26N4O4/c1-12-24-17(11-27-12)20(26)25-13-7-8-19-15(9-13)16(10-28-21(22)23-2)14-5-3-4-6-18(14)29-19/h7-9,11,14,16,18H,3-6,10H2,1-2H3,(H2,22,23)(H,25,26). The zero-order valence-electron chi connectivity index (χ0n) is 16.7. The molecule has 1 fully saturated rings. The lowest BCUT2D eigenvalue weighted by Crippen LogP contribution is -2.40. The van der Waals surface area contributed by atoms with Crippen LogP contribution < -0.4 is 15.8 Å². The maximum atomic E-state index is 12.4. The summed E-state index contributed by atoms with van der Waals surface area (Å²) < 4.78 is 17.1. The van der Waals surface area contributed by atoms with Crippen LogP contribution in [0.5, 0.6) is 5.75 Å². The minimum atomic E-state index is -0.316. The Hall–Kier alpha value is -3.03. The molecule has 0 bridgehead atoms. The fourth-order valence-corrected chi connectivity index (χ4v) is 4.27. The first-order valence-electron chi connectivity index (χ1n) is 9.94. The fourth-order valence-electron chi connectivity index (χ4n) is 4.27. The molecule has 0 radical (unpaired) electrons. The van der Waals surface area contributed by atoms with E-state index >= 15 is 0 Å². The number of nitrogens with two attached hydrogens (primary N) is 1. The highest BCUT2D eigenvalue weighted by Gasteiger charge is 2.40. The van der Waals surface area contributed by atoms with Crippen molar-refractivity contribution < 1.29 is 18.7 Å². The van der Waals surface area contributed by atoms with Crippen molar-refractivity contribution in [1.82, 2.24) is 4.98 Å². The Labute approximate surface area is 169 Å². The van der Waals surface area contributed by atoms with E-state index in [1.54, 1.807) is 14.0 Å². The average molecular weight is 398 g/mol. The Morgan fingerprint density at radius 3 is 2.97 bits per heavy atom. The predicted octanol–water partition coefficient (Wildman–Crippen LogP) is 3.23. The number of aliphatic imine (C=N–C) groups is 1. The zero-order chi connectivity index (χ0) is 20.4. The van der Waals surface area contributed by atoms with Gasteiger partial charge in [0.05, 0.1) is 6.61 Å². The maximum absolute atomic E-state index is 12.4. The molecular weight excluding hydrogens is 372 g/mol. The van der Waals surface area contributed by atoms with Gasteiger partial charge >= 0.3 is 0 Å². The van der Waals surface area contributed by atoms with Gasteiger partial charge < -0.3 is 24.9 Å². The smallest absolute Gasteiger partial charge is 0.281 e. The number of hydrogen-bond donors (Lipinski definition) is 2. The number of nitrogens with zero attached hydrogens (tertiary/aromatic N) is 2. The van der Waals surface area contributed by atoms with E-state index in [9.17, 15) is 4.79 Å². The molecule has 3 unspecified atom stereocenters. The number of nitrogens with one attached hydrogen (secondary N) is 1. The first kappa shape index (κ1) is 19.3. The number of oxazole rings is 1. The lowest BCUT2D eigenvalue weighted by atomic mass is 9.73. The van der Waals surface area contributed by atoms with Gasteiger partial charge in [-0.1, -0.05) is 6.42 Å². The molecule has 0 spiro atoms. The SMILES string of the molecule is CN=C(N)OCC1c2cc(NC(=O)c3coc(C)n3)ccc2OC2CCCCC21. The van der Waals surface area contributed by atoms with E-state index in [1.807, 2.05) is 18.2 Å². The Kier molecular flexibility index (Phi) is 5.42. The Bertz CT molecular complexity index is 923. The number of carbonyl (C=O) groups excluding carboxylic acids is 1. The first-order valence-corrected chi connectivity index (χ1v) is 9.94. The van der Waals surface area contributed by atoms with Gasteiger partial charge in [0.25, 0.3) is 11.9 Å². The molecule has 29 heavy (non-hydrogen) atoms. The van der Waals surface area contributed by atoms with Crippen molar-refractivity contribution in [1.29, 1.82) is 0 Å². The number of hydrogen-bond acceptors (Lipinski definition) is 6. The number of fused-ring (bicyclic) bond motifs is 2. The van der Waals surface area contributed by atoms with Gasteiger partial charge in [-0.15, -0.1) is 0 Å². The number of anilines is 1. The molecule has 0 saturated heterocycles. The molecule has 2 heterocycles. The molecule has 3 N–H and O–H groups in total. The zero-order valence-corrected chi connectivity index (χ0v) is 16.7. The third-order valence-corrected chi connectivity index (χ3v) is 5.70. The molecule has 2 aliphatic rings. The molecule has 1 saturated carbocycles. The molecule has 154 valence electrons. The van der Waals surface area contributed by atoms with E-state index in [0.29, 0.717) is 24.1 Å². The van der Waals surface area contributed by atoms with Crippen LogP contribution in [0, 0.1) is 12.8 Å². The Morgan fingerprint density at radius 1 is 1.38 bits per heavy atom. The highest BCUT2D eigenvalue weighted by atomic mass is 16.5. The number of carbonyl (C=O) groups is 1. The first-order chi connectivity index (χ1) is 14.0. The van der Waals surface area contributed by atoms with Crippen LogP contribution in [0.25, 0.3) is 0 Å². The summed E-state index contributed by atoms with van der Waals surface area (Å²) in [5.41, 5.74) is 7.70. The molecule has 1 aliphatic heterocycles. The van der Waals surface area contributed by atoms with Gasteiger partial charge in [0, 0.05) is 37.1 Å². The van der Waals surface area contributed by atoms with Crippen LogP contribution in [0.2, 0.25) is 0 Å². The van der Waals surface area contributed by atoms with Gasteiger partial charge in [0.15, 0.2) is 11.6 Å². The van der Waals surface area contributed by atoms with E-state index in [-0.39, 0.29) is 29.6 Å². The second kappa shape index (κ2) is 8.14. The van der Waals surface area contributed by atoms with Crippen LogP contribution in [0.15, 0.2) is 33.9 Å². The molecule has 1 aromatic carbocycles. The van der Waals surface area contributed by atoms with Crippen LogP contribution >= 0.6 is 0 Å². The number of benzene rings is 1. The summed E-state index contributed by atoms with van der Waals surface area (Å²) in [7, 11) is 1.61. The van der Waals surface area contributed by atoms with Gasteiger partial charge in [-0.05, 0) is 37.5 Å². The molecule has 8 nitrogen and oxygen atoms in total. The normalized spacial score (nSPS) is 23.5. The minimum Gasteiger partial charge on any atom is -0.490 e. The highest BCUT2D eigenvalue weighted by Crippen LogP contribution is 2.46. The lowest BCUT2D eigenvalue weighted by molar-refractivity contribution is 0.0404. The summed E-state index contributed by atoms with van der Waals surface area (Å²) in [4.78, 5) is 20.4. The molecule has 3 atom stereocenters. The van der Waals surface area contributed by atoms with Crippen molar-refractivity contribution in [2.45, 2.75) is 44.6 Å². The molecule has 1 aromatic heterocycles. The van der Waals surface area contributed by atoms with Crippen molar-refractivity contribution in [2.75, 3.05) is 19.0 Å². The summed E-state index contributed by atoms with van der Waals surface area (Å²) in [6.07, 6.45) is 6.01. The van der Waals surface area contributed by atoms with Crippen molar-refractivity contribution in [2.24, 2.45) is 16.6 Å². The number of ether oxygens (including phenoxy) is 2. The number of aromatic nitrogens is 1. The second-order valence-corrected chi connectivity index (χ2v) is 7.54. The molecule has 8 heteroatoms. The van der Waals surface area contributed by atoms with E-state index < -0.39 is 0 Å². The van der Waals surface area contributed by atoms with Crippen molar-refractivity contribution in [3.8, 4) is 5.75 Å². The van der Waals surface area contributed by atoms with Gasteiger partial charge in [0.1, 0.15) is 18.1 Å². The van der Waals surface area contributed by atoms with Crippen molar-refractivity contribution in [3.63, 3.8) is 0 Å². The molecule has 2 aromatic rings. The average Bonchev–Trinajstić information content (AvgIpc) is 3.17. The predicted molar refractivity (Wildman–Crippen MR) is 108 cm³/mol. The number of aryl methyl sites for hydroxylation is 1. The summed E-state index contributed by atoms with van der Waals surface area (Å²) in [6.45, 7) is 2.13. The van der Waals surface area contributed by atoms with Crippen LogP contribution in [0.4, 0.5) is 5.69 Å². The summed E-state index contributed by atoms with van der Waals surface area (Å²) in [5.74, 6) is 1.44. The van der Waals surface area contributed by atoms with Crippen molar-refractivity contribution >= 4 is 17.6 Å². The Balaban J connectivity index is 1.60. The third-order valence-electron chi connectivity index (χ3n) is 5.70. The Morgan fingerprint density at radius 2 is 2.21 bits per heavy atom. The largest absolute Gasteiger partial charge is 0.490 e. The van der Waals surface area contributed by atoms with Gasteiger partial charge in [-0.25, -0.2) is 9.98 Å². The van der Waals surface area contributed by atoms with Crippen LogP contribution in [-0.2, 0) is 4.74 Å². The molecular formula is C21H26N4O4. The van der Waals surface area contributed by atoms with Gasteiger partial charge in [-0.3, -0.25) is 4.79 Å². The molecule has 1 aliphatic carbocycles. The maximum Gasteiger partial charge on any atom is 0.281 e. The van der Waals surface area contributed by atoms with E-state index in [1.165, 1.54) is 19.1 Å². The fraction of sp³-hybridized carbons (Fsp3) is 0.476. The minimum absolute atomic E-state index is 0.121. The summed E-state index contributed by atoms with van der Waals surface area (Å²) >= 11 is 0. The van der Waals surface area contributed by atoms with Crippen LogP contribution in [-0.4, -0.2) is 36.7 Å². The van der Waals surface area contributed by atoms with Gasteiger partial charge in [-0.2, -0.15) is 0 Å². The molecule has 1 amide bonds. The topological polar surface area (TPSA) is 112 Å². The van der Waals surface area contributed by atoms with E-state index in [2.05, 4.69) is 15.3 Å². The molecule has 4 rings (SSSR count). The monoisotopic (exact) mass is 398 g/mol. The quantitative estimate of drug-likeness (QED) is 0.604. The lowest BCUT2D eigenvalue weighted by Gasteiger charge is -2.42.